The van der Waals surface area contributed by atoms with Crippen LogP contribution in [0.1, 0.15) is 21.0 Å². The summed E-state index contributed by atoms with van der Waals surface area (Å²) in [4.78, 5) is 25.8. The molecule has 0 spiro atoms. The zero-order valence-electron chi connectivity index (χ0n) is 12.8. The normalized spacial score (nSPS) is 10.7. The minimum absolute atomic E-state index is 0.193. The maximum absolute atomic E-state index is 12.0. The van der Waals surface area contributed by atoms with Crippen LogP contribution < -0.4 is 10.6 Å². The predicted molar refractivity (Wildman–Crippen MR) is 80.8 cm³/mol. The van der Waals surface area contributed by atoms with Crippen LogP contribution in [0.4, 0.5) is 5.82 Å². The summed E-state index contributed by atoms with van der Waals surface area (Å²) < 4.78 is 6.44. The minimum atomic E-state index is -0.396. The molecule has 0 aliphatic carbocycles. The Morgan fingerprint density at radius 1 is 1.36 bits per heavy atom. The second kappa shape index (κ2) is 6.90. The van der Waals surface area contributed by atoms with Crippen molar-refractivity contribution in [1.82, 2.24) is 20.0 Å². The maximum Gasteiger partial charge on any atom is 0.292 e. The third-order valence-corrected chi connectivity index (χ3v) is 2.94. The first-order valence-corrected chi connectivity index (χ1v) is 6.79. The molecule has 0 aromatic carbocycles. The van der Waals surface area contributed by atoms with E-state index in [9.17, 15) is 9.59 Å². The summed E-state index contributed by atoms with van der Waals surface area (Å²) in [5.41, 5.74) is 0.246. The summed E-state index contributed by atoms with van der Waals surface area (Å²) in [5, 5.41) is 9.49. The van der Waals surface area contributed by atoms with Crippen LogP contribution in [-0.4, -0.2) is 53.7 Å². The van der Waals surface area contributed by atoms with Gasteiger partial charge in [0.25, 0.3) is 11.8 Å². The highest BCUT2D eigenvalue weighted by Gasteiger charge is 2.16. The van der Waals surface area contributed by atoms with Crippen molar-refractivity contribution in [2.45, 2.75) is 0 Å². The number of anilines is 1. The van der Waals surface area contributed by atoms with E-state index in [-0.39, 0.29) is 17.4 Å². The topological polar surface area (TPSA) is 92.4 Å². The molecule has 0 fully saturated rings. The van der Waals surface area contributed by atoms with Gasteiger partial charge in [0.05, 0.1) is 6.26 Å². The van der Waals surface area contributed by atoms with Gasteiger partial charge in [0, 0.05) is 26.2 Å². The highest BCUT2D eigenvalue weighted by Crippen LogP contribution is 2.11. The zero-order valence-corrected chi connectivity index (χ0v) is 12.8. The Labute approximate surface area is 128 Å². The molecule has 0 aliphatic heterocycles. The molecule has 22 heavy (non-hydrogen) atoms. The first-order valence-electron chi connectivity index (χ1n) is 6.79. The molecule has 0 saturated heterocycles. The number of aryl methyl sites for hydroxylation is 1. The Morgan fingerprint density at radius 3 is 2.77 bits per heavy atom. The number of amides is 2. The Bertz CT molecular complexity index is 645. The second-order valence-corrected chi connectivity index (χ2v) is 5.03. The fourth-order valence-electron chi connectivity index (χ4n) is 1.76. The number of furan rings is 1. The summed E-state index contributed by atoms with van der Waals surface area (Å²) in [6, 6.07) is 4.70. The number of likely N-dealkylation sites (N-methyl/N-ethyl adjacent to an activating group) is 1. The largest absolute Gasteiger partial charge is 0.459 e. The number of carbonyl (C=O) groups excluding carboxylic acids is 2. The van der Waals surface area contributed by atoms with Crippen molar-refractivity contribution in [3.05, 3.63) is 35.9 Å². The van der Waals surface area contributed by atoms with Crippen LogP contribution in [0.25, 0.3) is 0 Å². The summed E-state index contributed by atoms with van der Waals surface area (Å²) in [5.74, 6) is -0.0687. The minimum Gasteiger partial charge on any atom is -0.459 e. The molecule has 0 aliphatic rings. The molecule has 2 heterocycles. The zero-order chi connectivity index (χ0) is 16.1. The number of rotatable bonds is 6. The van der Waals surface area contributed by atoms with E-state index in [4.69, 9.17) is 4.42 Å². The summed E-state index contributed by atoms with van der Waals surface area (Å²) in [7, 11) is 5.50. The van der Waals surface area contributed by atoms with Gasteiger partial charge >= 0.3 is 0 Å². The average Bonchev–Trinajstić information content (AvgIpc) is 3.09. The van der Waals surface area contributed by atoms with Gasteiger partial charge in [-0.1, -0.05) is 0 Å². The molecule has 2 aromatic heterocycles. The van der Waals surface area contributed by atoms with Crippen LogP contribution in [0, 0.1) is 0 Å². The molecule has 0 unspecified atom stereocenters. The lowest BCUT2D eigenvalue weighted by atomic mass is 10.3. The lowest BCUT2D eigenvalue weighted by Crippen LogP contribution is -2.31. The standard InChI is InChI=1S/C14H19N5O3/c1-18(2)7-6-15-13(20)10-9-12(19(3)17-10)16-14(21)11-5-4-8-22-11/h4-5,8-9H,6-7H2,1-3H3,(H,15,20)(H,16,21). The molecule has 0 bridgehead atoms. The van der Waals surface area contributed by atoms with Crippen molar-refractivity contribution in [3.63, 3.8) is 0 Å². The molecule has 2 N–H and O–H groups in total. The van der Waals surface area contributed by atoms with E-state index >= 15 is 0 Å². The lowest BCUT2D eigenvalue weighted by molar-refractivity contribution is 0.0944. The number of hydrogen-bond donors (Lipinski definition) is 2. The van der Waals surface area contributed by atoms with Crippen molar-refractivity contribution >= 4 is 17.6 Å². The number of carbonyl (C=O) groups is 2. The Kier molecular flexibility index (Phi) is 4.95. The van der Waals surface area contributed by atoms with Gasteiger partial charge in [0.2, 0.25) is 0 Å². The van der Waals surface area contributed by atoms with Gasteiger partial charge in [-0.15, -0.1) is 0 Å². The van der Waals surface area contributed by atoms with Crippen molar-refractivity contribution in [2.75, 3.05) is 32.5 Å². The smallest absolute Gasteiger partial charge is 0.292 e. The Morgan fingerprint density at radius 2 is 2.14 bits per heavy atom. The molecule has 118 valence electrons. The van der Waals surface area contributed by atoms with E-state index in [1.54, 1.807) is 19.2 Å². The molecule has 2 rings (SSSR count). The molecule has 2 aromatic rings. The van der Waals surface area contributed by atoms with Crippen LogP contribution in [0.3, 0.4) is 0 Å². The number of nitrogens with one attached hydrogen (secondary N) is 2. The van der Waals surface area contributed by atoms with Gasteiger partial charge in [-0.25, -0.2) is 0 Å². The van der Waals surface area contributed by atoms with Gasteiger partial charge in [-0.3, -0.25) is 14.3 Å². The molecule has 8 heteroatoms. The van der Waals surface area contributed by atoms with E-state index in [1.165, 1.54) is 17.0 Å². The van der Waals surface area contributed by atoms with E-state index in [1.807, 2.05) is 19.0 Å². The molecule has 8 nitrogen and oxygen atoms in total. The SMILES string of the molecule is CN(C)CCNC(=O)c1cc(NC(=O)c2ccco2)n(C)n1. The van der Waals surface area contributed by atoms with E-state index < -0.39 is 5.91 Å². The first kappa shape index (κ1) is 15.8. The van der Waals surface area contributed by atoms with Crippen LogP contribution in [0.2, 0.25) is 0 Å². The molecule has 0 saturated carbocycles. The lowest BCUT2D eigenvalue weighted by Gasteiger charge is -2.09. The van der Waals surface area contributed by atoms with Gasteiger partial charge in [-0.2, -0.15) is 5.10 Å². The van der Waals surface area contributed by atoms with Crippen molar-refractivity contribution in [3.8, 4) is 0 Å². The van der Waals surface area contributed by atoms with E-state index in [2.05, 4.69) is 15.7 Å². The monoisotopic (exact) mass is 305 g/mol. The molecular weight excluding hydrogens is 286 g/mol. The summed E-state index contributed by atoms with van der Waals surface area (Å²) in [6.07, 6.45) is 1.42. The third-order valence-electron chi connectivity index (χ3n) is 2.94. The highest BCUT2D eigenvalue weighted by atomic mass is 16.3. The van der Waals surface area contributed by atoms with Crippen molar-refractivity contribution < 1.29 is 14.0 Å². The second-order valence-electron chi connectivity index (χ2n) is 5.03. The Balaban J connectivity index is 1.98. The van der Waals surface area contributed by atoms with Gasteiger partial charge in [0.15, 0.2) is 11.5 Å². The fourth-order valence-corrected chi connectivity index (χ4v) is 1.76. The van der Waals surface area contributed by atoms with Gasteiger partial charge < -0.3 is 20.0 Å². The quantitative estimate of drug-likeness (QED) is 0.813. The van der Waals surface area contributed by atoms with Crippen LogP contribution >= 0.6 is 0 Å². The predicted octanol–water partition coefficient (Wildman–Crippen LogP) is 0.557. The Hall–Kier alpha value is -2.61. The maximum atomic E-state index is 12.0. The molecule has 2 amide bonds. The number of nitrogens with zero attached hydrogens (tertiary/aromatic N) is 3. The number of hydrogen-bond acceptors (Lipinski definition) is 5. The summed E-state index contributed by atoms with van der Waals surface area (Å²) in [6.45, 7) is 1.26. The molecular formula is C14H19N5O3. The van der Waals surface area contributed by atoms with Crippen LogP contribution in [-0.2, 0) is 7.05 Å². The molecule has 0 atom stereocenters. The number of aromatic nitrogens is 2. The van der Waals surface area contributed by atoms with E-state index in [0.717, 1.165) is 6.54 Å². The van der Waals surface area contributed by atoms with E-state index in [0.29, 0.717) is 12.4 Å². The fraction of sp³-hybridized carbons (Fsp3) is 0.357. The average molecular weight is 305 g/mol. The summed E-state index contributed by atoms with van der Waals surface area (Å²) >= 11 is 0. The van der Waals surface area contributed by atoms with Crippen LogP contribution in [0.15, 0.2) is 28.9 Å². The first-order chi connectivity index (χ1) is 10.5. The van der Waals surface area contributed by atoms with Crippen molar-refractivity contribution in [2.24, 2.45) is 7.05 Å². The molecule has 0 radical (unpaired) electrons. The highest BCUT2D eigenvalue weighted by molar-refractivity contribution is 6.02. The van der Waals surface area contributed by atoms with Crippen LogP contribution in [0.5, 0.6) is 0 Å². The third kappa shape index (κ3) is 3.95. The van der Waals surface area contributed by atoms with Gasteiger partial charge in [0.1, 0.15) is 5.82 Å². The van der Waals surface area contributed by atoms with Crippen molar-refractivity contribution in [1.29, 1.82) is 0 Å². The van der Waals surface area contributed by atoms with Gasteiger partial charge in [-0.05, 0) is 26.2 Å².